The number of thioether (sulfide) groups is 1. The zero-order chi connectivity index (χ0) is 19.7. The van der Waals surface area contributed by atoms with Gasteiger partial charge in [-0.05, 0) is 37.0 Å². The van der Waals surface area contributed by atoms with Crippen molar-refractivity contribution in [3.8, 4) is 0 Å². The van der Waals surface area contributed by atoms with Crippen LogP contribution in [0.5, 0.6) is 0 Å². The molecule has 0 saturated carbocycles. The van der Waals surface area contributed by atoms with Crippen molar-refractivity contribution in [3.05, 3.63) is 53.1 Å². The zero-order valence-corrected chi connectivity index (χ0v) is 15.9. The number of rotatable bonds is 5. The molecule has 0 amide bonds. The van der Waals surface area contributed by atoms with E-state index in [1.807, 2.05) is 0 Å². The summed E-state index contributed by atoms with van der Waals surface area (Å²) in [5.41, 5.74) is 2.10. The van der Waals surface area contributed by atoms with Crippen LogP contribution in [0.4, 0.5) is 4.39 Å². The maximum absolute atomic E-state index is 13.2. The van der Waals surface area contributed by atoms with Crippen LogP contribution >= 0.6 is 11.8 Å². The molecule has 0 fully saturated rings. The minimum atomic E-state index is -0.337. The third kappa shape index (κ3) is 3.75. The van der Waals surface area contributed by atoms with Crippen molar-refractivity contribution in [1.82, 2.24) is 19.6 Å². The molecular formula is C19H17FN4O3S. The highest BCUT2D eigenvalue weighted by molar-refractivity contribution is 7.99. The molecule has 1 unspecified atom stereocenters. The smallest absolute Gasteiger partial charge is 0.316 e. The summed E-state index contributed by atoms with van der Waals surface area (Å²) in [5.74, 6) is -0.232. The average molecular weight is 400 g/mol. The monoisotopic (exact) mass is 400 g/mol. The number of ketones is 1. The lowest BCUT2D eigenvalue weighted by Gasteiger charge is -2.23. The summed E-state index contributed by atoms with van der Waals surface area (Å²) < 4.78 is 19.5. The van der Waals surface area contributed by atoms with Crippen LogP contribution in [-0.4, -0.2) is 43.7 Å². The van der Waals surface area contributed by atoms with Crippen molar-refractivity contribution in [2.24, 2.45) is 0 Å². The fourth-order valence-corrected chi connectivity index (χ4v) is 3.84. The highest BCUT2D eigenvalue weighted by Gasteiger charge is 2.28. The maximum atomic E-state index is 13.2. The molecule has 2 heterocycles. The number of ether oxygens (including phenoxy) is 1. The Bertz CT molecular complexity index is 1050. The molecule has 0 spiro atoms. The summed E-state index contributed by atoms with van der Waals surface area (Å²) in [5, 5.41) is 4.67. The highest BCUT2D eigenvalue weighted by Crippen LogP contribution is 2.32. The van der Waals surface area contributed by atoms with Gasteiger partial charge in [-0.2, -0.15) is 4.98 Å². The summed E-state index contributed by atoms with van der Waals surface area (Å²) in [7, 11) is 0. The fraction of sp³-hybridized carbons (Fsp3) is 0.316. The number of hydrogen-bond acceptors (Lipinski definition) is 7. The second-order valence-electron chi connectivity index (χ2n) is 6.41. The number of hydrogen-bond donors (Lipinski definition) is 0. The SMILES string of the molecule is CCOC(=O)CSc1nc2nc3c(cn2n1)C(=O)CC(c1ccc(F)cc1)C3. The van der Waals surface area contributed by atoms with Gasteiger partial charge in [-0.3, -0.25) is 9.59 Å². The molecule has 2 aromatic heterocycles. The molecule has 7 nitrogen and oxygen atoms in total. The fourth-order valence-electron chi connectivity index (χ4n) is 3.22. The molecule has 0 saturated heterocycles. The third-order valence-electron chi connectivity index (χ3n) is 4.53. The first kappa shape index (κ1) is 18.5. The number of esters is 1. The van der Waals surface area contributed by atoms with Crippen LogP contribution in [0.2, 0.25) is 0 Å². The van der Waals surface area contributed by atoms with Crippen LogP contribution in [-0.2, 0) is 16.0 Å². The molecule has 9 heteroatoms. The first-order valence-corrected chi connectivity index (χ1v) is 9.85. The number of fused-ring (bicyclic) bond motifs is 2. The molecule has 144 valence electrons. The van der Waals surface area contributed by atoms with Crippen LogP contribution in [0.15, 0.2) is 35.6 Å². The molecule has 1 aliphatic rings. The Balaban J connectivity index is 1.58. The normalized spacial score (nSPS) is 16.2. The van der Waals surface area contributed by atoms with Gasteiger partial charge in [-0.15, -0.1) is 5.10 Å². The van der Waals surface area contributed by atoms with Gasteiger partial charge in [0, 0.05) is 12.6 Å². The van der Waals surface area contributed by atoms with Crippen LogP contribution in [0.1, 0.15) is 40.9 Å². The first-order valence-electron chi connectivity index (χ1n) is 8.87. The van der Waals surface area contributed by atoms with E-state index >= 15 is 0 Å². The van der Waals surface area contributed by atoms with Crippen LogP contribution in [0.25, 0.3) is 5.78 Å². The zero-order valence-electron chi connectivity index (χ0n) is 15.1. The van der Waals surface area contributed by atoms with Gasteiger partial charge in [-0.1, -0.05) is 23.9 Å². The van der Waals surface area contributed by atoms with E-state index in [9.17, 15) is 14.0 Å². The van der Waals surface area contributed by atoms with Gasteiger partial charge in [0.2, 0.25) is 5.16 Å². The van der Waals surface area contributed by atoms with Crippen molar-refractivity contribution in [2.75, 3.05) is 12.4 Å². The number of benzene rings is 1. The van der Waals surface area contributed by atoms with E-state index < -0.39 is 0 Å². The van der Waals surface area contributed by atoms with E-state index in [4.69, 9.17) is 4.74 Å². The van der Waals surface area contributed by atoms with E-state index in [1.54, 1.807) is 25.3 Å². The van der Waals surface area contributed by atoms with E-state index in [1.165, 1.54) is 16.6 Å². The van der Waals surface area contributed by atoms with Gasteiger partial charge in [0.15, 0.2) is 5.78 Å². The predicted octanol–water partition coefficient (Wildman–Crippen LogP) is 2.83. The number of Topliss-reactive ketones (excluding diaryl/α,β-unsaturated/α-hetero) is 1. The maximum Gasteiger partial charge on any atom is 0.316 e. The third-order valence-corrected chi connectivity index (χ3v) is 5.34. The van der Waals surface area contributed by atoms with Crippen molar-refractivity contribution in [1.29, 1.82) is 0 Å². The van der Waals surface area contributed by atoms with Crippen LogP contribution in [0, 0.1) is 5.82 Å². The predicted molar refractivity (Wildman–Crippen MR) is 99.9 cm³/mol. The molecule has 0 aliphatic heterocycles. The van der Waals surface area contributed by atoms with Crippen molar-refractivity contribution in [3.63, 3.8) is 0 Å². The first-order chi connectivity index (χ1) is 13.5. The average Bonchev–Trinajstić information content (AvgIpc) is 3.07. The Kier molecular flexibility index (Phi) is 5.08. The van der Waals surface area contributed by atoms with Gasteiger partial charge in [-0.25, -0.2) is 13.9 Å². The van der Waals surface area contributed by atoms with E-state index in [0.717, 1.165) is 17.3 Å². The molecule has 0 N–H and O–H groups in total. The Labute approximate surface area is 164 Å². The lowest BCUT2D eigenvalue weighted by Crippen LogP contribution is -2.21. The van der Waals surface area contributed by atoms with Gasteiger partial charge < -0.3 is 4.74 Å². The Morgan fingerprint density at radius 2 is 2.07 bits per heavy atom. The lowest BCUT2D eigenvalue weighted by molar-refractivity contribution is -0.139. The molecule has 3 aromatic rings. The Hall–Kier alpha value is -2.81. The second kappa shape index (κ2) is 7.67. The van der Waals surface area contributed by atoms with E-state index in [-0.39, 0.29) is 29.2 Å². The summed E-state index contributed by atoms with van der Waals surface area (Å²) >= 11 is 1.16. The topological polar surface area (TPSA) is 86.4 Å². The quantitative estimate of drug-likeness (QED) is 0.481. The molecule has 0 radical (unpaired) electrons. The summed E-state index contributed by atoms with van der Waals surface area (Å²) in [6, 6.07) is 6.21. The molecule has 1 aliphatic carbocycles. The second-order valence-corrected chi connectivity index (χ2v) is 7.36. The molecule has 0 bridgehead atoms. The number of nitrogens with zero attached hydrogens (tertiary/aromatic N) is 4. The van der Waals surface area contributed by atoms with Crippen molar-refractivity contribution >= 4 is 29.3 Å². The van der Waals surface area contributed by atoms with E-state index in [2.05, 4.69) is 15.1 Å². The number of carbonyl (C=O) groups is 2. The minimum absolute atomic E-state index is 0.0267. The molecule has 1 aromatic carbocycles. The summed E-state index contributed by atoms with van der Waals surface area (Å²) in [6.45, 7) is 2.07. The Morgan fingerprint density at radius 1 is 1.29 bits per heavy atom. The van der Waals surface area contributed by atoms with Crippen molar-refractivity contribution in [2.45, 2.75) is 30.8 Å². The number of aromatic nitrogens is 4. The number of carbonyl (C=O) groups excluding carboxylic acids is 2. The summed E-state index contributed by atoms with van der Waals surface area (Å²) in [4.78, 5) is 32.9. The molecule has 1 atom stereocenters. The molecule has 4 rings (SSSR count). The van der Waals surface area contributed by atoms with Gasteiger partial charge in [0.05, 0.1) is 23.6 Å². The number of halogens is 1. The summed E-state index contributed by atoms with van der Waals surface area (Å²) in [6.07, 6.45) is 2.55. The molecular weight excluding hydrogens is 383 g/mol. The largest absolute Gasteiger partial charge is 0.465 e. The standard InChI is InChI=1S/C19H17FN4O3S/c1-2-27-17(26)10-28-19-22-18-21-15-7-12(11-3-5-13(20)6-4-11)8-16(25)14(15)9-24(18)23-19/h3-6,9,12H,2,7-8,10H2,1H3. The van der Waals surface area contributed by atoms with Gasteiger partial charge >= 0.3 is 5.97 Å². The lowest BCUT2D eigenvalue weighted by atomic mass is 9.82. The minimum Gasteiger partial charge on any atom is -0.465 e. The van der Waals surface area contributed by atoms with Crippen LogP contribution < -0.4 is 0 Å². The van der Waals surface area contributed by atoms with Crippen molar-refractivity contribution < 1.29 is 18.7 Å². The van der Waals surface area contributed by atoms with E-state index in [0.29, 0.717) is 41.6 Å². The highest BCUT2D eigenvalue weighted by atomic mass is 32.2. The molecule has 28 heavy (non-hydrogen) atoms. The van der Waals surface area contributed by atoms with Gasteiger partial charge in [0.1, 0.15) is 5.82 Å². The van der Waals surface area contributed by atoms with Crippen LogP contribution in [0.3, 0.4) is 0 Å². The Morgan fingerprint density at radius 3 is 2.82 bits per heavy atom. The van der Waals surface area contributed by atoms with Gasteiger partial charge in [0.25, 0.3) is 5.78 Å².